The molecule has 3 nitrogen and oxygen atoms in total. The van der Waals surface area contributed by atoms with Crippen molar-refractivity contribution in [2.45, 2.75) is 0 Å². The number of carbonyl (C=O) groups is 1. The molecule has 0 aliphatic heterocycles. The van der Waals surface area contributed by atoms with Crippen LogP contribution in [0.5, 0.6) is 0 Å². The van der Waals surface area contributed by atoms with E-state index in [0.717, 1.165) is 11.3 Å². The molecule has 4 heteroatoms. The van der Waals surface area contributed by atoms with Crippen LogP contribution in [-0.4, -0.2) is 10.9 Å². The summed E-state index contributed by atoms with van der Waals surface area (Å²) in [6, 6.07) is 6.89. The number of amides is 1. The standard InChI is InChI=1S/C10H7N2OS/c11-10(13)8-3-1-7(2-4-8)9-5-14-6-12-9/h1-6,11H. The Morgan fingerprint density at radius 1 is 1.29 bits per heavy atom. The second-order valence-corrected chi connectivity index (χ2v) is 3.50. The lowest BCUT2D eigenvalue weighted by Gasteiger charge is -1.97. The van der Waals surface area contributed by atoms with Crippen molar-refractivity contribution >= 4 is 17.2 Å². The van der Waals surface area contributed by atoms with E-state index in [1.54, 1.807) is 29.8 Å². The van der Waals surface area contributed by atoms with Gasteiger partial charge in [0.15, 0.2) is 0 Å². The Kier molecular flexibility index (Phi) is 2.28. The maximum Gasteiger partial charge on any atom is 0.269 e. The minimum atomic E-state index is -0.658. The van der Waals surface area contributed by atoms with Crippen LogP contribution in [0.4, 0.5) is 0 Å². The second-order valence-electron chi connectivity index (χ2n) is 2.78. The van der Waals surface area contributed by atoms with Crippen molar-refractivity contribution in [3.05, 3.63) is 40.7 Å². The molecular weight excluding hydrogens is 196 g/mol. The predicted molar refractivity (Wildman–Crippen MR) is 55.0 cm³/mol. The first kappa shape index (κ1) is 8.90. The fourth-order valence-corrected chi connectivity index (χ4v) is 1.71. The predicted octanol–water partition coefficient (Wildman–Crippen LogP) is 2.23. The summed E-state index contributed by atoms with van der Waals surface area (Å²) in [5, 5.41) is 1.94. The molecular formula is C10H7N2OS. The van der Waals surface area contributed by atoms with Crippen LogP contribution in [0.1, 0.15) is 10.4 Å². The molecule has 1 amide bonds. The van der Waals surface area contributed by atoms with Gasteiger partial charge in [-0.3, -0.25) is 10.5 Å². The zero-order valence-electron chi connectivity index (χ0n) is 7.23. The van der Waals surface area contributed by atoms with Gasteiger partial charge in [0.05, 0.1) is 11.2 Å². The van der Waals surface area contributed by atoms with Crippen LogP contribution in [0.3, 0.4) is 0 Å². The number of hydrogen-bond acceptors (Lipinski definition) is 3. The third-order valence-electron chi connectivity index (χ3n) is 1.88. The number of hydrogen-bond donors (Lipinski definition) is 0. The minimum Gasteiger partial charge on any atom is -0.267 e. The zero-order valence-corrected chi connectivity index (χ0v) is 8.04. The van der Waals surface area contributed by atoms with E-state index in [-0.39, 0.29) is 0 Å². The van der Waals surface area contributed by atoms with Crippen LogP contribution in [0.25, 0.3) is 11.3 Å². The van der Waals surface area contributed by atoms with E-state index < -0.39 is 5.91 Å². The van der Waals surface area contributed by atoms with Crippen molar-refractivity contribution < 1.29 is 4.79 Å². The highest BCUT2D eigenvalue weighted by molar-refractivity contribution is 7.07. The van der Waals surface area contributed by atoms with Crippen LogP contribution < -0.4 is 5.73 Å². The lowest BCUT2D eigenvalue weighted by atomic mass is 10.1. The van der Waals surface area contributed by atoms with Crippen molar-refractivity contribution in [2.75, 3.05) is 0 Å². The third kappa shape index (κ3) is 1.65. The van der Waals surface area contributed by atoms with E-state index in [1.165, 1.54) is 11.3 Å². The van der Waals surface area contributed by atoms with Crippen LogP contribution in [0.15, 0.2) is 35.2 Å². The van der Waals surface area contributed by atoms with Gasteiger partial charge in [0, 0.05) is 16.5 Å². The first-order valence-electron chi connectivity index (χ1n) is 4.02. The van der Waals surface area contributed by atoms with Crippen LogP contribution >= 0.6 is 11.3 Å². The Hall–Kier alpha value is -1.68. The van der Waals surface area contributed by atoms with E-state index in [0.29, 0.717) is 5.56 Å². The van der Waals surface area contributed by atoms with Gasteiger partial charge in [-0.25, -0.2) is 4.98 Å². The molecule has 0 bridgehead atoms. The molecule has 1 N–H and O–H groups in total. The molecule has 0 saturated heterocycles. The highest BCUT2D eigenvalue weighted by atomic mass is 32.1. The molecule has 14 heavy (non-hydrogen) atoms. The molecule has 1 heterocycles. The molecule has 0 saturated carbocycles. The van der Waals surface area contributed by atoms with Crippen molar-refractivity contribution in [3.63, 3.8) is 0 Å². The average molecular weight is 203 g/mol. The molecule has 0 fully saturated rings. The molecule has 0 atom stereocenters. The second kappa shape index (κ2) is 3.59. The number of benzene rings is 1. The molecule has 0 aliphatic carbocycles. The van der Waals surface area contributed by atoms with Gasteiger partial charge in [0.2, 0.25) is 0 Å². The number of rotatable bonds is 2. The summed E-state index contributed by atoms with van der Waals surface area (Å²) in [4.78, 5) is 14.8. The van der Waals surface area contributed by atoms with Crippen molar-refractivity contribution in [3.8, 4) is 11.3 Å². The maximum absolute atomic E-state index is 10.7. The summed E-state index contributed by atoms with van der Waals surface area (Å²) < 4.78 is 0. The van der Waals surface area contributed by atoms with E-state index in [2.05, 4.69) is 4.98 Å². The Labute approximate surface area is 85.2 Å². The molecule has 0 unspecified atom stereocenters. The summed E-state index contributed by atoms with van der Waals surface area (Å²) >= 11 is 1.53. The van der Waals surface area contributed by atoms with Crippen LogP contribution in [0.2, 0.25) is 0 Å². The first-order valence-corrected chi connectivity index (χ1v) is 4.96. The van der Waals surface area contributed by atoms with Gasteiger partial charge in [0.25, 0.3) is 5.91 Å². The third-order valence-corrected chi connectivity index (χ3v) is 2.46. The average Bonchev–Trinajstić information content (AvgIpc) is 2.71. The lowest BCUT2D eigenvalue weighted by molar-refractivity contribution is 0.0992. The summed E-state index contributed by atoms with van der Waals surface area (Å²) in [6.45, 7) is 0. The Bertz CT molecular complexity index is 434. The number of carbonyl (C=O) groups excluding carboxylic acids is 1. The normalized spacial score (nSPS) is 10.0. The summed E-state index contributed by atoms with van der Waals surface area (Å²) in [5.74, 6) is -0.658. The lowest BCUT2D eigenvalue weighted by Crippen LogP contribution is -1.97. The van der Waals surface area contributed by atoms with Crippen molar-refractivity contribution in [1.29, 1.82) is 0 Å². The van der Waals surface area contributed by atoms with Gasteiger partial charge in [-0.15, -0.1) is 11.3 Å². The fraction of sp³-hybridized carbons (Fsp3) is 0. The SMILES string of the molecule is [NH]C(=O)c1ccc(-c2cscn2)cc1. The van der Waals surface area contributed by atoms with E-state index in [9.17, 15) is 4.79 Å². The van der Waals surface area contributed by atoms with Crippen molar-refractivity contribution in [1.82, 2.24) is 10.7 Å². The minimum absolute atomic E-state index is 0.406. The zero-order chi connectivity index (χ0) is 9.97. The van der Waals surface area contributed by atoms with Gasteiger partial charge in [-0.2, -0.15) is 0 Å². The quantitative estimate of drug-likeness (QED) is 0.751. The Balaban J connectivity index is 2.36. The molecule has 69 valence electrons. The largest absolute Gasteiger partial charge is 0.269 e. The topological polar surface area (TPSA) is 53.8 Å². The van der Waals surface area contributed by atoms with Crippen LogP contribution in [0, 0.1) is 0 Å². The van der Waals surface area contributed by atoms with Crippen LogP contribution in [-0.2, 0) is 0 Å². The molecule has 2 rings (SSSR count). The highest BCUT2D eigenvalue weighted by Crippen LogP contribution is 2.19. The number of aromatic nitrogens is 1. The smallest absolute Gasteiger partial charge is 0.267 e. The van der Waals surface area contributed by atoms with Gasteiger partial charge in [-0.1, -0.05) is 12.1 Å². The summed E-state index contributed by atoms with van der Waals surface area (Å²) in [7, 11) is 0. The number of nitrogens with zero attached hydrogens (tertiary/aromatic N) is 1. The summed E-state index contributed by atoms with van der Waals surface area (Å²) in [6.07, 6.45) is 0. The molecule has 1 aromatic carbocycles. The fourth-order valence-electron chi connectivity index (χ4n) is 1.15. The van der Waals surface area contributed by atoms with Crippen molar-refractivity contribution in [2.24, 2.45) is 0 Å². The number of nitrogens with one attached hydrogen (secondary N) is 1. The molecule has 0 spiro atoms. The maximum atomic E-state index is 10.7. The monoisotopic (exact) mass is 203 g/mol. The van der Waals surface area contributed by atoms with E-state index >= 15 is 0 Å². The Morgan fingerprint density at radius 3 is 2.50 bits per heavy atom. The molecule has 1 aromatic heterocycles. The number of thiazole rings is 1. The molecule has 1 radical (unpaired) electrons. The first-order chi connectivity index (χ1) is 6.77. The van der Waals surface area contributed by atoms with Gasteiger partial charge >= 0.3 is 0 Å². The molecule has 2 aromatic rings. The Morgan fingerprint density at radius 2 is 2.00 bits per heavy atom. The molecule has 0 aliphatic rings. The summed E-state index contributed by atoms with van der Waals surface area (Å²) in [5.41, 5.74) is 11.0. The van der Waals surface area contributed by atoms with E-state index in [4.69, 9.17) is 5.73 Å². The highest BCUT2D eigenvalue weighted by Gasteiger charge is 2.02. The van der Waals surface area contributed by atoms with E-state index in [1.807, 2.05) is 5.38 Å². The van der Waals surface area contributed by atoms with Gasteiger partial charge < -0.3 is 0 Å². The van der Waals surface area contributed by atoms with Gasteiger partial charge in [-0.05, 0) is 12.1 Å². The van der Waals surface area contributed by atoms with Gasteiger partial charge in [0.1, 0.15) is 0 Å².